The van der Waals surface area contributed by atoms with Crippen molar-refractivity contribution in [3.8, 4) is 17.0 Å². The molecule has 0 aliphatic carbocycles. The standard InChI is InChI=1S/C26H29N3O3/c30-25(27-19-22-4-2-1-3-5-22)18-21-6-8-23(9-7-21)24-10-11-26(28-20-24)32-17-14-29-12-15-31-16-13-29/h1-11,20H,12-19H2,(H,27,30). The normalized spacial score (nSPS) is 14.1. The van der Waals surface area contributed by atoms with Crippen molar-refractivity contribution >= 4 is 5.91 Å². The Morgan fingerprint density at radius 1 is 0.938 bits per heavy atom. The first-order chi connectivity index (χ1) is 15.8. The number of morpholine rings is 1. The first-order valence-electron chi connectivity index (χ1n) is 11.1. The Bertz CT molecular complexity index is 969. The fourth-order valence-corrected chi connectivity index (χ4v) is 3.60. The van der Waals surface area contributed by atoms with Crippen molar-refractivity contribution in [3.05, 3.63) is 84.1 Å². The molecule has 32 heavy (non-hydrogen) atoms. The highest BCUT2D eigenvalue weighted by atomic mass is 16.5. The zero-order valence-corrected chi connectivity index (χ0v) is 18.2. The van der Waals surface area contributed by atoms with Crippen molar-refractivity contribution in [3.63, 3.8) is 0 Å². The number of aromatic nitrogens is 1. The van der Waals surface area contributed by atoms with Gasteiger partial charge in [0.2, 0.25) is 11.8 Å². The average molecular weight is 432 g/mol. The molecule has 6 nitrogen and oxygen atoms in total. The van der Waals surface area contributed by atoms with Gasteiger partial charge < -0.3 is 14.8 Å². The van der Waals surface area contributed by atoms with Crippen LogP contribution >= 0.6 is 0 Å². The lowest BCUT2D eigenvalue weighted by atomic mass is 10.0. The predicted molar refractivity (Wildman–Crippen MR) is 124 cm³/mol. The Labute approximate surface area is 189 Å². The van der Waals surface area contributed by atoms with Crippen LogP contribution in [0, 0.1) is 0 Å². The highest BCUT2D eigenvalue weighted by Gasteiger charge is 2.10. The summed E-state index contributed by atoms with van der Waals surface area (Å²) in [5.74, 6) is 0.649. The third-order valence-electron chi connectivity index (χ3n) is 5.48. The highest BCUT2D eigenvalue weighted by molar-refractivity contribution is 5.78. The maximum Gasteiger partial charge on any atom is 0.224 e. The van der Waals surface area contributed by atoms with Gasteiger partial charge in [0.05, 0.1) is 19.6 Å². The van der Waals surface area contributed by atoms with E-state index in [1.165, 1.54) is 0 Å². The smallest absolute Gasteiger partial charge is 0.224 e. The van der Waals surface area contributed by atoms with Gasteiger partial charge in [-0.05, 0) is 22.8 Å². The molecule has 6 heteroatoms. The Morgan fingerprint density at radius 3 is 2.41 bits per heavy atom. The lowest BCUT2D eigenvalue weighted by Crippen LogP contribution is -2.38. The van der Waals surface area contributed by atoms with Gasteiger partial charge in [-0.25, -0.2) is 4.98 Å². The quantitative estimate of drug-likeness (QED) is 0.563. The third-order valence-corrected chi connectivity index (χ3v) is 5.48. The molecule has 2 heterocycles. The van der Waals surface area contributed by atoms with Crippen LogP contribution in [0.3, 0.4) is 0 Å². The molecule has 1 fully saturated rings. The van der Waals surface area contributed by atoms with E-state index in [2.05, 4.69) is 15.2 Å². The van der Waals surface area contributed by atoms with Crippen LogP contribution in [0.25, 0.3) is 11.1 Å². The molecule has 1 amide bonds. The number of carbonyl (C=O) groups excluding carboxylic acids is 1. The highest BCUT2D eigenvalue weighted by Crippen LogP contribution is 2.21. The van der Waals surface area contributed by atoms with E-state index in [1.807, 2.05) is 72.9 Å². The van der Waals surface area contributed by atoms with Crippen molar-refractivity contribution in [2.75, 3.05) is 39.5 Å². The van der Waals surface area contributed by atoms with Crippen LogP contribution in [0.2, 0.25) is 0 Å². The molecule has 2 aromatic carbocycles. The molecule has 0 spiro atoms. The molecular weight excluding hydrogens is 402 g/mol. The lowest BCUT2D eigenvalue weighted by molar-refractivity contribution is -0.120. The molecule has 0 atom stereocenters. The molecule has 166 valence electrons. The van der Waals surface area contributed by atoms with Crippen LogP contribution in [0.15, 0.2) is 72.9 Å². The summed E-state index contributed by atoms with van der Waals surface area (Å²) in [5, 5.41) is 2.97. The predicted octanol–water partition coefficient (Wildman–Crippen LogP) is 3.32. The number of amides is 1. The minimum absolute atomic E-state index is 0.0156. The molecule has 1 saturated heterocycles. The zero-order valence-electron chi connectivity index (χ0n) is 18.2. The number of pyridine rings is 1. The largest absolute Gasteiger partial charge is 0.476 e. The Morgan fingerprint density at radius 2 is 1.69 bits per heavy atom. The summed E-state index contributed by atoms with van der Waals surface area (Å²) in [6.45, 7) is 5.56. The Hall–Kier alpha value is -3.22. The molecule has 1 aliphatic rings. The van der Waals surface area contributed by atoms with E-state index in [1.54, 1.807) is 0 Å². The van der Waals surface area contributed by atoms with Crippen LogP contribution < -0.4 is 10.1 Å². The first kappa shape index (κ1) is 22.0. The topological polar surface area (TPSA) is 63.7 Å². The molecule has 0 unspecified atom stereocenters. The fourth-order valence-electron chi connectivity index (χ4n) is 3.60. The van der Waals surface area contributed by atoms with Crippen molar-refractivity contribution in [2.24, 2.45) is 0 Å². The van der Waals surface area contributed by atoms with Crippen LogP contribution in [0.5, 0.6) is 5.88 Å². The van der Waals surface area contributed by atoms with Crippen molar-refractivity contribution < 1.29 is 14.3 Å². The second-order valence-corrected chi connectivity index (χ2v) is 7.82. The maximum absolute atomic E-state index is 12.2. The zero-order chi connectivity index (χ0) is 22.0. The molecule has 0 radical (unpaired) electrons. The summed E-state index contributed by atoms with van der Waals surface area (Å²) < 4.78 is 11.1. The van der Waals surface area contributed by atoms with Gasteiger partial charge in [-0.2, -0.15) is 0 Å². The summed E-state index contributed by atoms with van der Waals surface area (Å²) in [6, 6.07) is 21.9. The summed E-state index contributed by atoms with van der Waals surface area (Å²) in [4.78, 5) is 19.0. The average Bonchev–Trinajstić information content (AvgIpc) is 2.85. The number of hydrogen-bond acceptors (Lipinski definition) is 5. The van der Waals surface area contributed by atoms with Gasteiger partial charge >= 0.3 is 0 Å². The van der Waals surface area contributed by atoms with E-state index >= 15 is 0 Å². The van der Waals surface area contributed by atoms with Gasteiger partial charge in [-0.1, -0.05) is 54.6 Å². The molecule has 1 N–H and O–H groups in total. The van der Waals surface area contributed by atoms with Gasteiger partial charge in [0.1, 0.15) is 6.61 Å². The van der Waals surface area contributed by atoms with Crippen LogP contribution in [-0.2, 0) is 22.5 Å². The minimum atomic E-state index is 0.0156. The van der Waals surface area contributed by atoms with Crippen LogP contribution in [0.4, 0.5) is 0 Å². The van der Waals surface area contributed by atoms with Crippen LogP contribution in [-0.4, -0.2) is 55.2 Å². The summed E-state index contributed by atoms with van der Waals surface area (Å²) in [7, 11) is 0. The van der Waals surface area contributed by atoms with Crippen molar-refractivity contribution in [2.45, 2.75) is 13.0 Å². The maximum atomic E-state index is 12.2. The van der Waals surface area contributed by atoms with E-state index in [0.29, 0.717) is 25.5 Å². The van der Waals surface area contributed by atoms with E-state index in [9.17, 15) is 4.79 Å². The monoisotopic (exact) mass is 431 g/mol. The summed E-state index contributed by atoms with van der Waals surface area (Å²) in [5.41, 5.74) is 4.16. The van der Waals surface area contributed by atoms with E-state index < -0.39 is 0 Å². The van der Waals surface area contributed by atoms with Gasteiger partial charge in [0.25, 0.3) is 0 Å². The molecule has 0 bridgehead atoms. The van der Waals surface area contributed by atoms with E-state index in [-0.39, 0.29) is 5.91 Å². The first-order valence-corrected chi connectivity index (χ1v) is 11.1. The van der Waals surface area contributed by atoms with Crippen molar-refractivity contribution in [1.29, 1.82) is 0 Å². The molecule has 1 aliphatic heterocycles. The van der Waals surface area contributed by atoms with Gasteiger partial charge in [0.15, 0.2) is 0 Å². The minimum Gasteiger partial charge on any atom is -0.476 e. The number of benzene rings is 2. The summed E-state index contributed by atoms with van der Waals surface area (Å²) >= 11 is 0. The number of carbonyl (C=O) groups is 1. The number of hydrogen-bond donors (Lipinski definition) is 1. The molecule has 4 rings (SSSR count). The molecule has 0 saturated carbocycles. The van der Waals surface area contributed by atoms with Gasteiger partial charge in [-0.15, -0.1) is 0 Å². The number of ether oxygens (including phenoxy) is 2. The number of nitrogens with one attached hydrogen (secondary N) is 1. The number of nitrogens with zero attached hydrogens (tertiary/aromatic N) is 2. The Balaban J connectivity index is 1.23. The SMILES string of the molecule is O=C(Cc1ccc(-c2ccc(OCCN3CCOCC3)nc2)cc1)NCc1ccccc1. The van der Waals surface area contributed by atoms with Gasteiger partial charge in [0, 0.05) is 44.0 Å². The van der Waals surface area contributed by atoms with Crippen molar-refractivity contribution in [1.82, 2.24) is 15.2 Å². The second-order valence-electron chi connectivity index (χ2n) is 7.82. The molecular formula is C26H29N3O3. The molecule has 1 aromatic heterocycles. The summed E-state index contributed by atoms with van der Waals surface area (Å²) in [6.07, 6.45) is 2.19. The van der Waals surface area contributed by atoms with Gasteiger partial charge in [-0.3, -0.25) is 9.69 Å². The second kappa shape index (κ2) is 11.4. The third kappa shape index (κ3) is 6.64. The van der Waals surface area contributed by atoms with Crippen LogP contribution in [0.1, 0.15) is 11.1 Å². The number of rotatable bonds is 9. The van der Waals surface area contributed by atoms with E-state index in [4.69, 9.17) is 9.47 Å². The van der Waals surface area contributed by atoms with E-state index in [0.717, 1.165) is 55.1 Å². The Kier molecular flexibility index (Phi) is 7.84. The molecule has 3 aromatic rings. The lowest BCUT2D eigenvalue weighted by Gasteiger charge is -2.26. The fraction of sp³-hybridized carbons (Fsp3) is 0.308.